The molecule has 0 aliphatic heterocycles. The molecule has 0 atom stereocenters. The number of anilines is 3. The topological polar surface area (TPSA) is 90.4 Å². The van der Waals surface area contributed by atoms with E-state index in [0.29, 0.717) is 29.2 Å². The number of amides is 1. The van der Waals surface area contributed by atoms with Crippen molar-refractivity contribution in [3.63, 3.8) is 0 Å². The van der Waals surface area contributed by atoms with Crippen molar-refractivity contribution < 1.29 is 9.53 Å². The van der Waals surface area contributed by atoms with E-state index in [1.54, 1.807) is 30.3 Å². The largest absolute Gasteiger partial charge is 0.417 e. The summed E-state index contributed by atoms with van der Waals surface area (Å²) in [5, 5.41) is 2.70. The molecule has 0 aliphatic carbocycles. The van der Waals surface area contributed by atoms with Gasteiger partial charge in [-0.2, -0.15) is 0 Å². The summed E-state index contributed by atoms with van der Waals surface area (Å²) in [6.45, 7) is 0. The van der Waals surface area contributed by atoms with E-state index >= 15 is 0 Å². The average Bonchev–Trinajstić information content (AvgIpc) is 2.60. The van der Waals surface area contributed by atoms with E-state index < -0.39 is 6.09 Å². The maximum atomic E-state index is 11.9. The molecule has 1 amide bonds. The maximum Gasteiger partial charge on any atom is 0.417 e. The zero-order valence-electron chi connectivity index (χ0n) is 13.6. The summed E-state index contributed by atoms with van der Waals surface area (Å²) in [5.74, 6) is 0.496. The van der Waals surface area contributed by atoms with E-state index in [-0.39, 0.29) is 0 Å². The van der Waals surface area contributed by atoms with Gasteiger partial charge >= 0.3 is 6.09 Å². The molecule has 3 rings (SSSR count). The first-order chi connectivity index (χ1) is 12.1. The lowest BCUT2D eigenvalue weighted by molar-refractivity contribution is 0.215. The SMILES string of the molecule is Nc1ccc(Cc2ccc(NC(=O)Oc3ccccc3)cc2)c(N)c1. The van der Waals surface area contributed by atoms with Crippen LogP contribution in [0.2, 0.25) is 0 Å². The van der Waals surface area contributed by atoms with Gasteiger partial charge in [-0.25, -0.2) is 4.79 Å². The van der Waals surface area contributed by atoms with Gasteiger partial charge in [0, 0.05) is 17.1 Å². The Morgan fingerprint density at radius 2 is 1.64 bits per heavy atom. The first-order valence-electron chi connectivity index (χ1n) is 7.87. The van der Waals surface area contributed by atoms with Crippen LogP contribution < -0.4 is 21.5 Å². The Balaban J connectivity index is 1.61. The molecule has 0 saturated carbocycles. The van der Waals surface area contributed by atoms with Gasteiger partial charge in [-0.1, -0.05) is 36.4 Å². The van der Waals surface area contributed by atoms with Gasteiger partial charge < -0.3 is 16.2 Å². The summed E-state index contributed by atoms with van der Waals surface area (Å²) >= 11 is 0. The van der Waals surface area contributed by atoms with Gasteiger partial charge in [0.05, 0.1) is 0 Å². The third kappa shape index (κ3) is 4.51. The number of para-hydroxylation sites is 1. The number of ether oxygens (including phenoxy) is 1. The predicted octanol–water partition coefficient (Wildman–Crippen LogP) is 4.05. The Hall–Kier alpha value is -3.47. The zero-order valence-corrected chi connectivity index (χ0v) is 13.6. The number of nitrogens with two attached hydrogens (primary N) is 2. The molecule has 25 heavy (non-hydrogen) atoms. The quantitative estimate of drug-likeness (QED) is 0.628. The number of nitrogen functional groups attached to an aromatic ring is 2. The van der Waals surface area contributed by atoms with Crippen molar-refractivity contribution in [2.75, 3.05) is 16.8 Å². The molecular weight excluding hydrogens is 314 g/mol. The standard InChI is InChI=1S/C20H19N3O2/c21-16-9-8-15(19(22)13-16)12-14-6-10-17(11-7-14)23-20(24)25-18-4-2-1-3-5-18/h1-11,13H,12,21-22H2,(H,23,24). The number of carbonyl (C=O) groups is 1. The van der Waals surface area contributed by atoms with Crippen LogP contribution in [0.15, 0.2) is 72.8 Å². The summed E-state index contributed by atoms with van der Waals surface area (Å²) in [5.41, 5.74) is 15.8. The highest BCUT2D eigenvalue weighted by Crippen LogP contribution is 2.20. The summed E-state index contributed by atoms with van der Waals surface area (Å²) in [6, 6.07) is 22.0. The van der Waals surface area contributed by atoms with Crippen LogP contribution in [-0.2, 0) is 6.42 Å². The van der Waals surface area contributed by atoms with Gasteiger partial charge in [0.25, 0.3) is 0 Å². The molecule has 5 N–H and O–H groups in total. The van der Waals surface area contributed by atoms with Crippen LogP contribution in [0, 0.1) is 0 Å². The molecule has 0 heterocycles. The smallest absolute Gasteiger partial charge is 0.410 e. The number of nitrogens with one attached hydrogen (secondary N) is 1. The number of carbonyl (C=O) groups excluding carboxylic acids is 1. The molecule has 126 valence electrons. The molecule has 0 aromatic heterocycles. The van der Waals surface area contributed by atoms with Gasteiger partial charge in [-0.05, 0) is 53.9 Å². The van der Waals surface area contributed by atoms with Crippen molar-refractivity contribution in [3.05, 3.63) is 83.9 Å². The van der Waals surface area contributed by atoms with Gasteiger partial charge in [-0.3, -0.25) is 5.32 Å². The van der Waals surface area contributed by atoms with Gasteiger partial charge in [-0.15, -0.1) is 0 Å². The third-order valence-electron chi connectivity index (χ3n) is 3.72. The van der Waals surface area contributed by atoms with Gasteiger partial charge in [0.2, 0.25) is 0 Å². The fourth-order valence-electron chi connectivity index (χ4n) is 2.44. The van der Waals surface area contributed by atoms with Crippen LogP contribution in [0.1, 0.15) is 11.1 Å². The molecular formula is C20H19N3O2. The maximum absolute atomic E-state index is 11.9. The normalized spacial score (nSPS) is 10.2. The molecule has 5 nitrogen and oxygen atoms in total. The van der Waals surface area contributed by atoms with E-state index in [1.165, 1.54) is 0 Å². The van der Waals surface area contributed by atoms with E-state index in [2.05, 4.69) is 5.32 Å². The third-order valence-corrected chi connectivity index (χ3v) is 3.72. The summed E-state index contributed by atoms with van der Waals surface area (Å²) < 4.78 is 5.19. The number of hydrogen-bond acceptors (Lipinski definition) is 4. The molecule has 0 radical (unpaired) electrons. The molecule has 0 spiro atoms. The lowest BCUT2D eigenvalue weighted by Crippen LogP contribution is -2.16. The zero-order chi connectivity index (χ0) is 17.6. The van der Waals surface area contributed by atoms with Crippen LogP contribution in [0.25, 0.3) is 0 Å². The average molecular weight is 333 g/mol. The van der Waals surface area contributed by atoms with Crippen LogP contribution in [0.5, 0.6) is 5.75 Å². The first kappa shape index (κ1) is 16.4. The fraction of sp³-hybridized carbons (Fsp3) is 0.0500. The first-order valence-corrected chi connectivity index (χ1v) is 7.87. The van der Waals surface area contributed by atoms with Crippen LogP contribution in [0.3, 0.4) is 0 Å². The van der Waals surface area contributed by atoms with E-state index in [4.69, 9.17) is 16.2 Å². The Labute approximate surface area is 146 Å². The minimum atomic E-state index is -0.526. The Morgan fingerprint density at radius 1 is 0.920 bits per heavy atom. The predicted molar refractivity (Wildman–Crippen MR) is 101 cm³/mol. The van der Waals surface area contributed by atoms with Gasteiger partial charge in [0.15, 0.2) is 0 Å². The summed E-state index contributed by atoms with van der Waals surface area (Å²) in [6.07, 6.45) is 0.169. The van der Waals surface area contributed by atoms with E-state index in [1.807, 2.05) is 42.5 Å². The van der Waals surface area contributed by atoms with Crippen molar-refractivity contribution in [2.45, 2.75) is 6.42 Å². The second-order valence-corrected chi connectivity index (χ2v) is 5.66. The molecule has 0 bridgehead atoms. The summed E-state index contributed by atoms with van der Waals surface area (Å²) in [4.78, 5) is 11.9. The number of hydrogen-bond donors (Lipinski definition) is 3. The molecule has 0 fully saturated rings. The molecule has 3 aromatic rings. The van der Waals surface area contributed by atoms with Crippen molar-refractivity contribution in [1.82, 2.24) is 0 Å². The highest BCUT2D eigenvalue weighted by Gasteiger charge is 2.06. The number of rotatable bonds is 4. The lowest BCUT2D eigenvalue weighted by atomic mass is 10.0. The van der Waals surface area contributed by atoms with Crippen molar-refractivity contribution in [1.29, 1.82) is 0 Å². The number of benzene rings is 3. The van der Waals surface area contributed by atoms with Crippen molar-refractivity contribution in [3.8, 4) is 5.75 Å². The minimum absolute atomic E-state index is 0.496. The van der Waals surface area contributed by atoms with Crippen molar-refractivity contribution in [2.24, 2.45) is 0 Å². The second-order valence-electron chi connectivity index (χ2n) is 5.66. The Morgan fingerprint density at radius 3 is 2.32 bits per heavy atom. The molecule has 5 heteroatoms. The van der Waals surface area contributed by atoms with Crippen LogP contribution in [0.4, 0.5) is 21.9 Å². The van der Waals surface area contributed by atoms with Crippen LogP contribution >= 0.6 is 0 Å². The van der Waals surface area contributed by atoms with Crippen molar-refractivity contribution >= 4 is 23.2 Å². The Kier molecular flexibility index (Phi) is 4.85. The second kappa shape index (κ2) is 7.40. The molecule has 0 unspecified atom stereocenters. The molecule has 3 aromatic carbocycles. The molecule has 0 aliphatic rings. The summed E-state index contributed by atoms with van der Waals surface area (Å²) in [7, 11) is 0. The minimum Gasteiger partial charge on any atom is -0.410 e. The van der Waals surface area contributed by atoms with Gasteiger partial charge in [0.1, 0.15) is 5.75 Å². The van der Waals surface area contributed by atoms with Crippen LogP contribution in [-0.4, -0.2) is 6.09 Å². The lowest BCUT2D eigenvalue weighted by Gasteiger charge is -2.09. The monoisotopic (exact) mass is 333 g/mol. The van der Waals surface area contributed by atoms with E-state index in [9.17, 15) is 4.79 Å². The van der Waals surface area contributed by atoms with E-state index in [0.717, 1.165) is 11.1 Å². The Bertz CT molecular complexity index is 862. The fourth-order valence-corrected chi connectivity index (χ4v) is 2.44. The molecule has 0 saturated heterocycles. The highest BCUT2D eigenvalue weighted by atomic mass is 16.6. The highest BCUT2D eigenvalue weighted by molar-refractivity contribution is 5.86.